The standard InChI is InChI=1S/C26H18Br2N2/c27-21-15-7-9-17-23(21)29-25(19-11-3-1-4-12-19)26(20-13-5-2-6-14-20)30-24-18-10-8-16-22(24)28/h1-18H. The third-order valence-electron chi connectivity index (χ3n) is 4.49. The third kappa shape index (κ3) is 4.84. The van der Waals surface area contributed by atoms with E-state index in [1.165, 1.54) is 0 Å². The summed E-state index contributed by atoms with van der Waals surface area (Å²) in [6.07, 6.45) is 0. The molecule has 4 heteroatoms. The van der Waals surface area contributed by atoms with Crippen LogP contribution in [0.4, 0.5) is 11.4 Å². The van der Waals surface area contributed by atoms with Gasteiger partial charge in [0, 0.05) is 20.1 Å². The first kappa shape index (κ1) is 20.5. The molecule has 0 aromatic heterocycles. The van der Waals surface area contributed by atoms with Crippen molar-refractivity contribution in [1.82, 2.24) is 0 Å². The summed E-state index contributed by atoms with van der Waals surface area (Å²) < 4.78 is 1.87. The summed E-state index contributed by atoms with van der Waals surface area (Å²) in [5, 5.41) is 0. The second kappa shape index (κ2) is 9.79. The van der Waals surface area contributed by atoms with Crippen molar-refractivity contribution in [3.63, 3.8) is 0 Å². The maximum absolute atomic E-state index is 5.05. The molecule has 0 radical (unpaired) electrons. The molecule has 0 spiro atoms. The minimum Gasteiger partial charge on any atom is -0.245 e. The number of nitrogens with zero attached hydrogens (tertiary/aromatic N) is 2. The molecular weight excluding hydrogens is 500 g/mol. The highest BCUT2D eigenvalue weighted by atomic mass is 79.9. The van der Waals surface area contributed by atoms with E-state index >= 15 is 0 Å². The molecule has 4 aromatic carbocycles. The van der Waals surface area contributed by atoms with Gasteiger partial charge in [-0.15, -0.1) is 0 Å². The number of rotatable bonds is 5. The van der Waals surface area contributed by atoms with E-state index in [0.717, 1.165) is 42.9 Å². The van der Waals surface area contributed by atoms with Crippen LogP contribution in [0.5, 0.6) is 0 Å². The summed E-state index contributed by atoms with van der Waals surface area (Å²) in [4.78, 5) is 10.1. The lowest BCUT2D eigenvalue weighted by atomic mass is 9.99. The van der Waals surface area contributed by atoms with Gasteiger partial charge in [-0.2, -0.15) is 0 Å². The van der Waals surface area contributed by atoms with Gasteiger partial charge in [-0.25, -0.2) is 9.98 Å². The Labute approximate surface area is 193 Å². The van der Waals surface area contributed by atoms with E-state index < -0.39 is 0 Å². The van der Waals surface area contributed by atoms with Crippen molar-refractivity contribution in [2.45, 2.75) is 0 Å². The molecule has 146 valence electrons. The molecule has 0 amide bonds. The van der Waals surface area contributed by atoms with Crippen molar-refractivity contribution < 1.29 is 0 Å². The topological polar surface area (TPSA) is 24.7 Å². The molecule has 4 aromatic rings. The van der Waals surface area contributed by atoms with Crippen molar-refractivity contribution in [2.24, 2.45) is 9.98 Å². The molecule has 0 atom stereocenters. The fourth-order valence-electron chi connectivity index (χ4n) is 3.03. The van der Waals surface area contributed by atoms with Crippen LogP contribution in [-0.4, -0.2) is 11.4 Å². The number of halogens is 2. The van der Waals surface area contributed by atoms with Gasteiger partial charge in [0.1, 0.15) is 0 Å². The molecule has 0 saturated heterocycles. The summed E-state index contributed by atoms with van der Waals surface area (Å²) in [5.41, 5.74) is 5.33. The molecule has 30 heavy (non-hydrogen) atoms. The monoisotopic (exact) mass is 516 g/mol. The van der Waals surface area contributed by atoms with E-state index in [1.54, 1.807) is 0 Å². The number of aliphatic imine (C=N–C) groups is 2. The Balaban J connectivity index is 1.99. The predicted molar refractivity (Wildman–Crippen MR) is 134 cm³/mol. The molecule has 0 bridgehead atoms. The summed E-state index contributed by atoms with van der Waals surface area (Å²) in [6, 6.07) is 36.3. The molecule has 0 unspecified atom stereocenters. The zero-order chi connectivity index (χ0) is 20.8. The van der Waals surface area contributed by atoms with Crippen LogP contribution >= 0.6 is 31.9 Å². The predicted octanol–water partition coefficient (Wildman–Crippen LogP) is 8.15. The number of benzene rings is 4. The second-order valence-corrected chi connectivity index (χ2v) is 8.26. The Kier molecular flexibility index (Phi) is 6.67. The van der Waals surface area contributed by atoms with Crippen LogP contribution in [0.1, 0.15) is 11.1 Å². The largest absolute Gasteiger partial charge is 0.245 e. The molecule has 0 saturated carbocycles. The zero-order valence-corrected chi connectivity index (χ0v) is 19.2. The average molecular weight is 518 g/mol. The Bertz CT molecular complexity index is 1100. The van der Waals surface area contributed by atoms with Crippen LogP contribution in [0, 0.1) is 0 Å². The first-order valence-electron chi connectivity index (χ1n) is 9.50. The molecule has 4 rings (SSSR count). The maximum Gasteiger partial charge on any atom is 0.0972 e. The van der Waals surface area contributed by atoms with E-state index in [9.17, 15) is 0 Å². The van der Waals surface area contributed by atoms with Crippen LogP contribution in [0.3, 0.4) is 0 Å². The highest BCUT2D eigenvalue weighted by Crippen LogP contribution is 2.29. The Morgan fingerprint density at radius 1 is 0.433 bits per heavy atom. The minimum atomic E-state index is 0.810. The fourth-order valence-corrected chi connectivity index (χ4v) is 3.77. The lowest BCUT2D eigenvalue weighted by Gasteiger charge is -2.13. The van der Waals surface area contributed by atoms with Gasteiger partial charge in [0.25, 0.3) is 0 Å². The van der Waals surface area contributed by atoms with Gasteiger partial charge >= 0.3 is 0 Å². The van der Waals surface area contributed by atoms with Gasteiger partial charge in [0.05, 0.1) is 22.8 Å². The molecule has 0 aliphatic heterocycles. The van der Waals surface area contributed by atoms with Gasteiger partial charge in [0.2, 0.25) is 0 Å². The minimum absolute atomic E-state index is 0.810. The van der Waals surface area contributed by atoms with E-state index in [0.29, 0.717) is 0 Å². The Morgan fingerprint density at radius 2 is 0.767 bits per heavy atom. The number of hydrogen-bond donors (Lipinski definition) is 0. The van der Waals surface area contributed by atoms with E-state index in [4.69, 9.17) is 9.98 Å². The molecule has 0 N–H and O–H groups in total. The first-order valence-corrected chi connectivity index (χ1v) is 11.1. The van der Waals surface area contributed by atoms with Crippen LogP contribution in [0.25, 0.3) is 0 Å². The number of hydrogen-bond acceptors (Lipinski definition) is 2. The normalized spacial score (nSPS) is 12.1. The van der Waals surface area contributed by atoms with Crippen molar-refractivity contribution in [2.75, 3.05) is 0 Å². The summed E-state index contributed by atoms with van der Waals surface area (Å²) in [5.74, 6) is 0. The SMILES string of the molecule is Brc1ccccc1N=C(C(=Nc1ccccc1Br)c1ccccc1)c1ccccc1. The van der Waals surface area contributed by atoms with Crippen LogP contribution in [0.15, 0.2) is 128 Å². The zero-order valence-electron chi connectivity index (χ0n) is 16.0. The van der Waals surface area contributed by atoms with E-state index in [-0.39, 0.29) is 0 Å². The van der Waals surface area contributed by atoms with Crippen molar-refractivity contribution in [3.8, 4) is 0 Å². The Hall–Kier alpha value is -2.82. The summed E-state index contributed by atoms with van der Waals surface area (Å²) >= 11 is 7.25. The quantitative estimate of drug-likeness (QED) is 0.238. The van der Waals surface area contributed by atoms with Gasteiger partial charge < -0.3 is 0 Å². The maximum atomic E-state index is 5.05. The van der Waals surface area contributed by atoms with Crippen molar-refractivity contribution >= 4 is 54.7 Å². The van der Waals surface area contributed by atoms with Gasteiger partial charge in [0.15, 0.2) is 0 Å². The van der Waals surface area contributed by atoms with Gasteiger partial charge in [-0.1, -0.05) is 84.9 Å². The van der Waals surface area contributed by atoms with Gasteiger partial charge in [-0.3, -0.25) is 0 Å². The summed E-state index contributed by atoms with van der Waals surface area (Å²) in [7, 11) is 0. The Morgan fingerprint density at radius 3 is 1.13 bits per heavy atom. The average Bonchev–Trinajstić information content (AvgIpc) is 2.80. The highest BCUT2D eigenvalue weighted by molar-refractivity contribution is 9.11. The smallest absolute Gasteiger partial charge is 0.0972 e. The molecule has 0 fully saturated rings. The molecule has 2 nitrogen and oxygen atoms in total. The molecule has 0 aliphatic carbocycles. The fraction of sp³-hybridized carbons (Fsp3) is 0. The third-order valence-corrected chi connectivity index (χ3v) is 5.83. The van der Waals surface area contributed by atoms with Crippen molar-refractivity contribution in [3.05, 3.63) is 129 Å². The van der Waals surface area contributed by atoms with E-state index in [2.05, 4.69) is 56.1 Å². The van der Waals surface area contributed by atoms with Crippen LogP contribution in [0.2, 0.25) is 0 Å². The number of para-hydroxylation sites is 2. The lowest BCUT2D eigenvalue weighted by molar-refractivity contribution is 1.45. The van der Waals surface area contributed by atoms with Crippen molar-refractivity contribution in [1.29, 1.82) is 0 Å². The molecular formula is C26H18Br2N2. The second-order valence-electron chi connectivity index (χ2n) is 6.56. The lowest BCUT2D eigenvalue weighted by Crippen LogP contribution is -2.17. The highest BCUT2D eigenvalue weighted by Gasteiger charge is 2.16. The molecule has 0 aliphatic rings. The van der Waals surface area contributed by atoms with Gasteiger partial charge in [-0.05, 0) is 56.1 Å². The first-order chi connectivity index (χ1) is 14.7. The van der Waals surface area contributed by atoms with Crippen LogP contribution in [-0.2, 0) is 0 Å². The van der Waals surface area contributed by atoms with Crippen LogP contribution < -0.4 is 0 Å². The summed E-state index contributed by atoms with van der Waals surface area (Å²) in [6.45, 7) is 0. The van der Waals surface area contributed by atoms with E-state index in [1.807, 2.05) is 84.9 Å². The molecule has 0 heterocycles.